The number of nitrogen functional groups attached to an aromatic ring is 1. The van der Waals surface area contributed by atoms with Gasteiger partial charge < -0.3 is 44.6 Å². The van der Waals surface area contributed by atoms with E-state index >= 15 is 0 Å². The number of unbranched alkanes of at least 4 members (excludes halogenated alkanes) is 1. The van der Waals surface area contributed by atoms with Crippen molar-refractivity contribution in [1.82, 2.24) is 35.4 Å². The maximum atomic E-state index is 14.1. The fourth-order valence-electron chi connectivity index (χ4n) is 10.3. The Morgan fingerprint density at radius 1 is 1.12 bits per heavy atom. The van der Waals surface area contributed by atoms with Gasteiger partial charge in [-0.3, -0.25) is 9.59 Å². The summed E-state index contributed by atoms with van der Waals surface area (Å²) in [6.45, 7) is 14.4. The topological polar surface area (TPSA) is 237 Å². The molecule has 1 aromatic carbocycles. The van der Waals surface area contributed by atoms with Crippen LogP contribution >= 0.6 is 22.9 Å². The van der Waals surface area contributed by atoms with E-state index in [9.17, 15) is 25.2 Å². The molecule has 2 saturated heterocycles. The Balaban J connectivity index is 0.836. The summed E-state index contributed by atoms with van der Waals surface area (Å²) in [5, 5.41) is 42.1. The third-order valence-electron chi connectivity index (χ3n) is 13.8. The van der Waals surface area contributed by atoms with E-state index in [1.807, 2.05) is 32.2 Å². The van der Waals surface area contributed by atoms with Gasteiger partial charge in [0.2, 0.25) is 23.5 Å². The largest absolute Gasteiger partial charge is 0.476 e. The number of nitrogens with zero attached hydrogens (tertiary/aromatic N) is 9. The number of aliphatic hydroxyl groups is 1. The van der Waals surface area contributed by atoms with Crippen LogP contribution in [0.3, 0.4) is 0 Å². The van der Waals surface area contributed by atoms with Gasteiger partial charge >= 0.3 is 0 Å². The minimum absolute atomic E-state index is 0.0150. The second-order valence-corrected chi connectivity index (χ2v) is 20.5. The van der Waals surface area contributed by atoms with Crippen LogP contribution in [0.4, 0.5) is 10.8 Å². The summed E-state index contributed by atoms with van der Waals surface area (Å²) >= 11 is 7.66. The van der Waals surface area contributed by atoms with Crippen molar-refractivity contribution in [3.8, 4) is 29.4 Å². The summed E-state index contributed by atoms with van der Waals surface area (Å²) in [6, 6.07) is 12.2. The lowest BCUT2D eigenvalue weighted by atomic mass is 9.72. The summed E-state index contributed by atoms with van der Waals surface area (Å²) < 4.78 is 17.7. The van der Waals surface area contributed by atoms with E-state index in [1.165, 1.54) is 16.2 Å². The fraction of sp³-hybridized carbons (Fsp3) is 0.520. The van der Waals surface area contributed by atoms with Crippen molar-refractivity contribution in [2.24, 2.45) is 5.92 Å². The minimum atomic E-state index is -0.876. The highest BCUT2D eigenvalue weighted by Crippen LogP contribution is 2.49. The normalized spacial score (nSPS) is 21.1. The number of hydrogen-bond donors (Lipinski definition) is 3. The zero-order chi connectivity index (χ0) is 49.0. The van der Waals surface area contributed by atoms with Gasteiger partial charge in [0, 0.05) is 72.5 Å². The summed E-state index contributed by atoms with van der Waals surface area (Å²) in [5.41, 5.74) is 10.1. The number of carbonyl (C=O) groups is 2. The number of anilines is 2. The van der Waals surface area contributed by atoms with Gasteiger partial charge in [-0.25, -0.2) is 4.98 Å². The van der Waals surface area contributed by atoms with Crippen LogP contribution in [0.25, 0.3) is 11.4 Å². The lowest BCUT2D eigenvalue weighted by molar-refractivity contribution is -0.141. The molecule has 6 heterocycles. The fourth-order valence-corrected chi connectivity index (χ4v) is 11.7. The average molecular weight is 979 g/mol. The Hall–Kier alpha value is -6.05. The lowest BCUT2D eigenvalue weighted by Crippen LogP contribution is -2.48. The van der Waals surface area contributed by atoms with Crippen LogP contribution in [-0.2, 0) is 34.4 Å². The highest BCUT2D eigenvalue weighted by atomic mass is 35.5. The highest BCUT2D eigenvalue weighted by Gasteiger charge is 2.45. The van der Waals surface area contributed by atoms with Crippen LogP contribution in [0.1, 0.15) is 123 Å². The number of amides is 2. The first-order chi connectivity index (χ1) is 33.2. The Kier molecular flexibility index (Phi) is 15.2. The quantitative estimate of drug-likeness (QED) is 0.0833. The third-order valence-corrected chi connectivity index (χ3v) is 15.2. The van der Waals surface area contributed by atoms with E-state index in [2.05, 4.69) is 52.3 Å². The van der Waals surface area contributed by atoms with Gasteiger partial charge in [0.05, 0.1) is 34.3 Å². The average Bonchev–Trinajstić information content (AvgIpc) is 4.14. The van der Waals surface area contributed by atoms with E-state index in [4.69, 9.17) is 41.1 Å². The number of likely N-dealkylation sites (tertiary alicyclic amines) is 1. The van der Waals surface area contributed by atoms with Crippen LogP contribution in [0.15, 0.2) is 45.6 Å². The molecular weight excluding hydrogens is 918 g/mol. The molecule has 17 nitrogen and oxygen atoms in total. The van der Waals surface area contributed by atoms with Crippen molar-refractivity contribution in [2.45, 2.75) is 122 Å². The molecule has 3 aliphatic rings. The van der Waals surface area contributed by atoms with Crippen molar-refractivity contribution in [2.75, 3.05) is 50.0 Å². The molecule has 0 spiro atoms. The number of ether oxygens (including phenoxy) is 1. The number of halogens is 1. The number of aryl methyl sites for hydroxylation is 1. The summed E-state index contributed by atoms with van der Waals surface area (Å²) in [4.78, 5) is 44.8. The predicted octanol–water partition coefficient (Wildman–Crippen LogP) is 7.14. The number of aromatic nitrogens is 4. The monoisotopic (exact) mass is 977 g/mol. The molecule has 0 saturated carbocycles. The Labute approximate surface area is 411 Å². The van der Waals surface area contributed by atoms with Crippen LogP contribution in [0, 0.1) is 28.6 Å². The minimum Gasteiger partial charge on any atom is -0.476 e. The third kappa shape index (κ3) is 10.3. The van der Waals surface area contributed by atoms with E-state index in [0.717, 1.165) is 98.5 Å². The van der Waals surface area contributed by atoms with Gasteiger partial charge in [0.25, 0.3) is 5.88 Å². The number of β-amino-alcohol motifs (C(OH)–C–C–N with tert-alkyl or cyclic N) is 1. The smallest absolute Gasteiger partial charge is 0.254 e. The SMILES string of the molecule is CCc1c(-c2noc([C@@]3(C)CCCc4sc(N)c(C#N)c43)n2)ccnc1N1CCCN(CCCCOc2cc(C(C(=O)N3C[C@H](O)C[C@H]3C(=O)NCc3ccc(C#N)c(Cl)c3)C(C)C)on2)C[C@@H]1C. The van der Waals surface area contributed by atoms with E-state index in [0.29, 0.717) is 45.8 Å². The standard InChI is InChI=1S/C50H60ClN11O6S/c1-6-34-35(45-57-49(68-59-45)50(5)15-9-11-40-43(50)36(25-53)44(54)69-40)14-16-55-46(34)61-19-10-18-60(27-30(61)4)17-7-8-20-66-41-23-39(67-58-41)42(29(2)3)48(65)62-28-33(63)22-38(62)47(64)56-26-31-12-13-32(24-52)37(51)21-31/h12-14,16,21,23,29-30,33,38,42,63H,6-11,15,17-20,22,26-28,54H2,1-5H3,(H,56,64)/t30-,33+,38-,42?,50-/m0/s1. The first kappa shape index (κ1) is 49.4. The summed E-state index contributed by atoms with van der Waals surface area (Å²) in [7, 11) is 0. The van der Waals surface area contributed by atoms with Crippen LogP contribution in [-0.4, -0.2) is 105 Å². The van der Waals surface area contributed by atoms with E-state index in [1.54, 1.807) is 24.3 Å². The first-order valence-electron chi connectivity index (χ1n) is 23.9. The maximum Gasteiger partial charge on any atom is 0.254 e. The molecule has 1 aliphatic carbocycles. The molecule has 19 heteroatoms. The van der Waals surface area contributed by atoms with Gasteiger partial charge in [-0.15, -0.1) is 11.3 Å². The molecule has 8 rings (SSSR count). The summed E-state index contributed by atoms with van der Waals surface area (Å²) in [6.07, 6.45) is 7.09. The Morgan fingerprint density at radius 2 is 1.94 bits per heavy atom. The molecule has 0 radical (unpaired) electrons. The van der Waals surface area contributed by atoms with Crippen molar-refractivity contribution < 1.29 is 28.5 Å². The number of aliphatic hydroxyl groups excluding tert-OH is 1. The van der Waals surface area contributed by atoms with E-state index in [-0.39, 0.29) is 48.3 Å². The number of nitrogens with one attached hydrogen (secondary N) is 1. The summed E-state index contributed by atoms with van der Waals surface area (Å²) in [5.74, 6) is 0.891. The number of pyridine rings is 1. The van der Waals surface area contributed by atoms with Crippen molar-refractivity contribution in [3.05, 3.63) is 85.9 Å². The van der Waals surface area contributed by atoms with Crippen molar-refractivity contribution in [1.29, 1.82) is 10.5 Å². The number of nitriles is 2. The molecule has 4 N–H and O–H groups in total. The highest BCUT2D eigenvalue weighted by molar-refractivity contribution is 7.16. The van der Waals surface area contributed by atoms with E-state index < -0.39 is 29.4 Å². The second kappa shape index (κ2) is 21.3. The predicted molar refractivity (Wildman–Crippen MR) is 261 cm³/mol. The zero-order valence-electron chi connectivity index (χ0n) is 39.8. The van der Waals surface area contributed by atoms with Gasteiger partial charge in [0.15, 0.2) is 5.76 Å². The number of fused-ring (bicyclic) bond motifs is 1. The number of carbonyl (C=O) groups excluding carboxylic acids is 2. The molecule has 0 bridgehead atoms. The second-order valence-electron chi connectivity index (χ2n) is 19.0. The molecule has 2 aliphatic heterocycles. The van der Waals surface area contributed by atoms with Gasteiger partial charge in [-0.2, -0.15) is 15.5 Å². The van der Waals surface area contributed by atoms with Gasteiger partial charge in [0.1, 0.15) is 34.9 Å². The molecule has 5 atom stereocenters. The zero-order valence-corrected chi connectivity index (χ0v) is 41.4. The molecule has 2 fully saturated rings. The number of rotatable bonds is 16. The number of benzene rings is 1. The van der Waals surface area contributed by atoms with Crippen LogP contribution in [0.2, 0.25) is 5.02 Å². The Morgan fingerprint density at radius 3 is 2.70 bits per heavy atom. The number of hydrogen-bond acceptors (Lipinski definition) is 16. The molecule has 69 heavy (non-hydrogen) atoms. The van der Waals surface area contributed by atoms with Crippen molar-refractivity contribution >= 4 is 45.6 Å². The maximum absolute atomic E-state index is 14.1. The molecule has 364 valence electrons. The lowest BCUT2D eigenvalue weighted by Gasteiger charge is -2.32. The molecule has 2 amide bonds. The molecule has 4 aromatic heterocycles. The van der Waals surface area contributed by atoms with Crippen LogP contribution in [0.5, 0.6) is 5.88 Å². The Bertz CT molecular complexity index is 2740. The molecular formula is C50H60ClN11O6S. The number of nitrogens with two attached hydrogens (primary N) is 1. The van der Waals surface area contributed by atoms with Gasteiger partial charge in [-0.1, -0.05) is 43.6 Å². The molecule has 1 unspecified atom stereocenters. The number of thiophene rings is 1. The van der Waals surface area contributed by atoms with Crippen LogP contribution < -0.4 is 20.7 Å². The van der Waals surface area contributed by atoms with Crippen molar-refractivity contribution in [3.63, 3.8) is 0 Å². The van der Waals surface area contributed by atoms with Gasteiger partial charge in [-0.05, 0) is 107 Å². The molecule has 5 aromatic rings. The first-order valence-corrected chi connectivity index (χ1v) is 25.1.